The van der Waals surface area contributed by atoms with E-state index >= 15 is 0 Å². The van der Waals surface area contributed by atoms with E-state index < -0.39 is 26.5 Å². The third-order valence-corrected chi connectivity index (χ3v) is 4.90. The van der Waals surface area contributed by atoms with Gasteiger partial charge in [-0.25, -0.2) is 13.1 Å². The molecule has 7 nitrogen and oxygen atoms in total. The lowest BCUT2D eigenvalue weighted by atomic mass is 10.1. The summed E-state index contributed by atoms with van der Waals surface area (Å²) in [5.74, 6) is -0.948. The predicted octanol–water partition coefficient (Wildman–Crippen LogP) is 0.964. The predicted molar refractivity (Wildman–Crippen MR) is 73.8 cm³/mol. The van der Waals surface area contributed by atoms with Crippen molar-refractivity contribution in [1.82, 2.24) is 9.62 Å². The number of likely N-dealkylation sites (tertiary alicyclic amines) is 1. The van der Waals surface area contributed by atoms with E-state index in [1.165, 1.54) is 0 Å². The van der Waals surface area contributed by atoms with Crippen molar-refractivity contribution in [2.45, 2.75) is 11.3 Å². The average molecular weight is 317 g/mol. The zero-order valence-electron chi connectivity index (χ0n) is 11.5. The Kier molecular flexibility index (Phi) is 4.55. The zero-order chi connectivity index (χ0) is 15.6. The van der Waals surface area contributed by atoms with Gasteiger partial charge in [-0.1, -0.05) is 0 Å². The van der Waals surface area contributed by atoms with Gasteiger partial charge in [-0.15, -0.1) is 0 Å². The number of nitrogens with one attached hydrogen (secondary N) is 1. The maximum absolute atomic E-state index is 13.5. The van der Waals surface area contributed by atoms with Gasteiger partial charge < -0.3 is 4.90 Å². The summed E-state index contributed by atoms with van der Waals surface area (Å²) in [5.41, 5.74) is -0.744. The maximum atomic E-state index is 13.5. The largest absolute Gasteiger partial charge is 0.306 e. The number of nitro benzene ring substituents is 1. The highest BCUT2D eigenvalue weighted by Gasteiger charge is 2.24. The van der Waals surface area contributed by atoms with Crippen molar-refractivity contribution in [2.24, 2.45) is 5.92 Å². The Morgan fingerprint density at radius 3 is 2.76 bits per heavy atom. The van der Waals surface area contributed by atoms with Gasteiger partial charge in [0.25, 0.3) is 0 Å². The molecule has 1 aliphatic rings. The molecule has 0 spiro atoms. The summed E-state index contributed by atoms with van der Waals surface area (Å²) >= 11 is 0. The molecule has 0 aromatic heterocycles. The summed E-state index contributed by atoms with van der Waals surface area (Å²) in [7, 11) is -1.90. The average Bonchev–Trinajstić information content (AvgIpc) is 2.82. The van der Waals surface area contributed by atoms with Crippen LogP contribution in [-0.2, 0) is 10.0 Å². The molecule has 0 radical (unpaired) electrons. The normalized spacial score (nSPS) is 19.8. The van der Waals surface area contributed by atoms with Gasteiger partial charge in [0.05, 0.1) is 9.82 Å². The van der Waals surface area contributed by atoms with Crippen molar-refractivity contribution in [3.05, 3.63) is 34.1 Å². The second-order valence-electron chi connectivity index (χ2n) is 5.14. The van der Waals surface area contributed by atoms with Gasteiger partial charge in [0.1, 0.15) is 0 Å². The molecular weight excluding hydrogens is 301 g/mol. The minimum Gasteiger partial charge on any atom is -0.306 e. The quantitative estimate of drug-likeness (QED) is 0.645. The molecule has 21 heavy (non-hydrogen) atoms. The molecule has 2 rings (SSSR count). The van der Waals surface area contributed by atoms with Crippen molar-refractivity contribution in [2.75, 3.05) is 26.7 Å². The van der Waals surface area contributed by atoms with Gasteiger partial charge in [-0.3, -0.25) is 10.1 Å². The highest BCUT2D eigenvalue weighted by molar-refractivity contribution is 7.89. The van der Waals surface area contributed by atoms with Gasteiger partial charge >= 0.3 is 5.69 Å². The van der Waals surface area contributed by atoms with Crippen LogP contribution in [0, 0.1) is 21.8 Å². The fourth-order valence-electron chi connectivity index (χ4n) is 2.31. The third-order valence-electron chi connectivity index (χ3n) is 3.48. The summed E-state index contributed by atoms with van der Waals surface area (Å²) in [4.78, 5) is 11.4. The number of benzene rings is 1. The van der Waals surface area contributed by atoms with E-state index in [1.54, 1.807) is 0 Å². The number of halogens is 1. The van der Waals surface area contributed by atoms with Gasteiger partial charge in [0.2, 0.25) is 15.8 Å². The third kappa shape index (κ3) is 3.74. The van der Waals surface area contributed by atoms with Crippen LogP contribution in [0.1, 0.15) is 6.42 Å². The Bertz CT molecular complexity index is 650. The minimum absolute atomic E-state index is 0.215. The number of sulfonamides is 1. The van der Waals surface area contributed by atoms with E-state index in [0.717, 1.165) is 31.6 Å². The van der Waals surface area contributed by atoms with E-state index in [1.807, 2.05) is 7.05 Å². The number of nitro groups is 1. The SMILES string of the molecule is CN1CCC(CNS(=O)(=O)c2ccc([N+](=O)[O-])c(F)c2)C1. The van der Waals surface area contributed by atoms with E-state index in [-0.39, 0.29) is 17.4 Å². The van der Waals surface area contributed by atoms with E-state index in [0.29, 0.717) is 6.07 Å². The van der Waals surface area contributed by atoms with Crippen LogP contribution >= 0.6 is 0 Å². The van der Waals surface area contributed by atoms with Crippen LogP contribution in [-0.4, -0.2) is 44.9 Å². The van der Waals surface area contributed by atoms with Crippen LogP contribution in [0.5, 0.6) is 0 Å². The van der Waals surface area contributed by atoms with Crippen LogP contribution in [0.15, 0.2) is 23.1 Å². The lowest BCUT2D eigenvalue weighted by Crippen LogP contribution is -2.30. The van der Waals surface area contributed by atoms with Crippen molar-refractivity contribution >= 4 is 15.7 Å². The first-order chi connectivity index (χ1) is 9.79. The molecule has 0 aliphatic carbocycles. The zero-order valence-corrected chi connectivity index (χ0v) is 12.3. The van der Waals surface area contributed by atoms with E-state index in [2.05, 4.69) is 9.62 Å². The fraction of sp³-hybridized carbons (Fsp3) is 0.500. The first kappa shape index (κ1) is 15.8. The molecule has 1 fully saturated rings. The summed E-state index contributed by atoms with van der Waals surface area (Å²) < 4.78 is 40.0. The topological polar surface area (TPSA) is 92.6 Å². The molecule has 1 aromatic rings. The number of hydrogen-bond donors (Lipinski definition) is 1. The second-order valence-corrected chi connectivity index (χ2v) is 6.91. The number of nitrogens with zero attached hydrogens (tertiary/aromatic N) is 2. The van der Waals surface area contributed by atoms with Gasteiger partial charge in [0, 0.05) is 25.2 Å². The van der Waals surface area contributed by atoms with Crippen molar-refractivity contribution in [3.8, 4) is 0 Å². The Labute approximate surface area is 122 Å². The first-order valence-electron chi connectivity index (χ1n) is 6.42. The standard InChI is InChI=1S/C12H16FN3O4S/c1-15-5-4-9(8-15)7-14-21(19,20)10-2-3-12(16(17)18)11(13)6-10/h2-3,6,9,14H,4-5,7-8H2,1H3. The van der Waals surface area contributed by atoms with E-state index in [9.17, 15) is 22.9 Å². The molecule has 1 unspecified atom stereocenters. The molecule has 1 heterocycles. The molecule has 0 bridgehead atoms. The number of rotatable bonds is 5. The lowest BCUT2D eigenvalue weighted by molar-refractivity contribution is -0.387. The van der Waals surface area contributed by atoms with Gasteiger partial charge in [0.15, 0.2) is 0 Å². The molecule has 0 saturated carbocycles. The van der Waals surface area contributed by atoms with Gasteiger partial charge in [-0.05, 0) is 32.0 Å². The van der Waals surface area contributed by atoms with Gasteiger partial charge in [-0.2, -0.15) is 4.39 Å². The second kappa shape index (κ2) is 6.04. The Morgan fingerprint density at radius 1 is 1.52 bits per heavy atom. The highest BCUT2D eigenvalue weighted by Crippen LogP contribution is 2.21. The van der Waals surface area contributed by atoms with Crippen molar-refractivity contribution in [1.29, 1.82) is 0 Å². The molecule has 0 amide bonds. The molecule has 1 aromatic carbocycles. The van der Waals surface area contributed by atoms with E-state index in [4.69, 9.17) is 0 Å². The molecule has 1 saturated heterocycles. The molecule has 1 aliphatic heterocycles. The van der Waals surface area contributed by atoms with Crippen LogP contribution in [0.2, 0.25) is 0 Å². The highest BCUT2D eigenvalue weighted by atomic mass is 32.2. The Balaban J connectivity index is 2.09. The Hall–Kier alpha value is -1.58. The summed E-state index contributed by atoms with van der Waals surface area (Å²) in [6.45, 7) is 1.99. The monoisotopic (exact) mass is 317 g/mol. The first-order valence-corrected chi connectivity index (χ1v) is 7.90. The molecule has 116 valence electrons. The number of hydrogen-bond acceptors (Lipinski definition) is 5. The van der Waals surface area contributed by atoms with Crippen molar-refractivity contribution < 1.29 is 17.7 Å². The molecule has 1 N–H and O–H groups in total. The van der Waals surface area contributed by atoms with Crippen LogP contribution in [0.25, 0.3) is 0 Å². The lowest BCUT2D eigenvalue weighted by Gasteiger charge is -2.12. The molecule has 9 heteroatoms. The smallest absolute Gasteiger partial charge is 0.304 e. The Morgan fingerprint density at radius 2 is 2.24 bits per heavy atom. The molecular formula is C12H16FN3O4S. The maximum Gasteiger partial charge on any atom is 0.304 e. The summed E-state index contributed by atoms with van der Waals surface area (Å²) in [6, 6.07) is 2.55. The summed E-state index contributed by atoms with van der Waals surface area (Å²) in [5, 5.41) is 10.5. The molecule has 1 atom stereocenters. The minimum atomic E-state index is -3.86. The van der Waals surface area contributed by atoms with Crippen molar-refractivity contribution in [3.63, 3.8) is 0 Å². The fourth-order valence-corrected chi connectivity index (χ4v) is 3.43. The van der Waals surface area contributed by atoms with Crippen LogP contribution in [0.4, 0.5) is 10.1 Å². The van der Waals surface area contributed by atoms with Crippen LogP contribution in [0.3, 0.4) is 0 Å². The van der Waals surface area contributed by atoms with Crippen LogP contribution < -0.4 is 4.72 Å². The summed E-state index contributed by atoms with van der Waals surface area (Å²) in [6.07, 6.45) is 0.896.